The van der Waals surface area contributed by atoms with Gasteiger partial charge in [-0.15, -0.1) is 12.4 Å². The maximum Gasteiger partial charge on any atom is 0.249 e. The summed E-state index contributed by atoms with van der Waals surface area (Å²) in [5.74, 6) is -1.25. The minimum Gasteiger partial charge on any atom is -0.484 e. The number of amides is 1. The number of unbranched alkanes of at least 4 members (excludes halogenated alkanes) is 1. The van der Waals surface area contributed by atoms with Crippen LogP contribution in [0.4, 0.5) is 8.78 Å². The van der Waals surface area contributed by atoms with E-state index in [1.165, 1.54) is 18.2 Å². The van der Waals surface area contributed by atoms with Crippen LogP contribution in [0.5, 0.6) is 5.75 Å². The first-order valence-electron chi connectivity index (χ1n) is 10.4. The molecule has 0 saturated heterocycles. The Bertz CT molecular complexity index is 1160. The minimum absolute atomic E-state index is 0. The van der Waals surface area contributed by atoms with Crippen LogP contribution >= 0.6 is 12.4 Å². The van der Waals surface area contributed by atoms with E-state index in [1.54, 1.807) is 18.2 Å². The van der Waals surface area contributed by atoms with Crippen molar-refractivity contribution in [1.29, 1.82) is 0 Å². The standard InChI is InChI=1S/C24H25F2N3O2.ClH/c1-2-28(11-3-4-12-29-13-10-18-20(25)6-5-7-22(18)29)16-14-19-17(24(27)30)8-9-21(26)23(19)31-15-16;/h5-10,13-14H,2-4,11-12,15H2,1H3,(H2,27,30);1H. The quantitative estimate of drug-likeness (QED) is 0.481. The van der Waals surface area contributed by atoms with Crippen LogP contribution in [0.25, 0.3) is 17.0 Å². The molecule has 2 heterocycles. The molecule has 0 fully saturated rings. The first kappa shape index (κ1) is 23.6. The third-order valence-electron chi connectivity index (χ3n) is 5.71. The molecule has 0 unspecified atom stereocenters. The van der Waals surface area contributed by atoms with Gasteiger partial charge in [-0.3, -0.25) is 4.79 Å². The molecule has 4 rings (SSSR count). The molecule has 1 aliphatic rings. The molecular formula is C24H26ClF2N3O2. The van der Waals surface area contributed by atoms with Crippen LogP contribution in [0.1, 0.15) is 35.7 Å². The lowest BCUT2D eigenvalue weighted by atomic mass is 10.0. The van der Waals surface area contributed by atoms with Crippen molar-refractivity contribution < 1.29 is 18.3 Å². The van der Waals surface area contributed by atoms with Crippen LogP contribution in [-0.4, -0.2) is 35.1 Å². The zero-order chi connectivity index (χ0) is 22.0. The number of nitrogens with zero attached hydrogens (tertiary/aromatic N) is 2. The fraction of sp³-hybridized carbons (Fsp3) is 0.292. The van der Waals surface area contributed by atoms with E-state index < -0.39 is 11.7 Å². The van der Waals surface area contributed by atoms with Gasteiger partial charge in [0.05, 0.1) is 16.8 Å². The van der Waals surface area contributed by atoms with E-state index >= 15 is 0 Å². The molecular weight excluding hydrogens is 436 g/mol. The third-order valence-corrected chi connectivity index (χ3v) is 5.71. The molecule has 0 aliphatic carbocycles. The molecule has 1 aromatic heterocycles. The number of primary amides is 1. The van der Waals surface area contributed by atoms with Crippen molar-refractivity contribution in [2.24, 2.45) is 5.73 Å². The Morgan fingerprint density at radius 2 is 1.97 bits per heavy atom. The van der Waals surface area contributed by atoms with Gasteiger partial charge in [-0.25, -0.2) is 8.78 Å². The van der Waals surface area contributed by atoms with Gasteiger partial charge in [-0.1, -0.05) is 6.07 Å². The van der Waals surface area contributed by atoms with Crippen molar-refractivity contribution in [2.75, 3.05) is 19.7 Å². The van der Waals surface area contributed by atoms with E-state index in [2.05, 4.69) is 9.47 Å². The molecule has 2 N–H and O–H groups in total. The minimum atomic E-state index is -0.615. The normalized spacial score (nSPS) is 12.5. The SMILES string of the molecule is CCN(CCCCn1ccc2c(F)cccc21)C1=Cc2c(C(N)=O)ccc(F)c2OC1.Cl. The van der Waals surface area contributed by atoms with Crippen molar-refractivity contribution in [1.82, 2.24) is 9.47 Å². The predicted octanol–water partition coefficient (Wildman–Crippen LogP) is 4.98. The average Bonchev–Trinajstić information content (AvgIpc) is 3.18. The Morgan fingerprint density at radius 1 is 1.16 bits per heavy atom. The van der Waals surface area contributed by atoms with Gasteiger partial charge in [-0.2, -0.15) is 0 Å². The highest BCUT2D eigenvalue weighted by Crippen LogP contribution is 2.33. The molecule has 3 aromatic rings. The van der Waals surface area contributed by atoms with Crippen LogP contribution in [0.2, 0.25) is 0 Å². The molecule has 0 bridgehead atoms. The van der Waals surface area contributed by atoms with Crippen molar-refractivity contribution in [3.05, 3.63) is 71.1 Å². The molecule has 32 heavy (non-hydrogen) atoms. The summed E-state index contributed by atoms with van der Waals surface area (Å²) in [5.41, 5.74) is 7.88. The van der Waals surface area contributed by atoms with E-state index in [0.29, 0.717) is 10.9 Å². The first-order valence-corrected chi connectivity index (χ1v) is 10.4. The number of aryl methyl sites for hydroxylation is 1. The van der Waals surface area contributed by atoms with Crippen LogP contribution in [0, 0.1) is 11.6 Å². The number of likely N-dealkylation sites (N-methyl/N-ethyl adjacent to an activating group) is 1. The number of carbonyl (C=O) groups excluding carboxylic acids is 1. The van der Waals surface area contributed by atoms with Crippen LogP contribution < -0.4 is 10.5 Å². The lowest BCUT2D eigenvalue weighted by molar-refractivity contribution is 0.0999. The van der Waals surface area contributed by atoms with Crippen molar-refractivity contribution in [3.8, 4) is 5.75 Å². The Labute approximate surface area is 191 Å². The molecule has 170 valence electrons. The Balaban J connectivity index is 0.00000289. The van der Waals surface area contributed by atoms with Crippen LogP contribution in [0.15, 0.2) is 48.3 Å². The molecule has 1 amide bonds. The summed E-state index contributed by atoms with van der Waals surface area (Å²) in [6.07, 6.45) is 5.55. The Morgan fingerprint density at radius 3 is 2.72 bits per heavy atom. The summed E-state index contributed by atoms with van der Waals surface area (Å²) in [6, 6.07) is 9.52. The topological polar surface area (TPSA) is 60.5 Å². The molecule has 0 saturated carbocycles. The van der Waals surface area contributed by atoms with Gasteiger partial charge in [0, 0.05) is 36.8 Å². The van der Waals surface area contributed by atoms with E-state index in [1.807, 2.05) is 19.2 Å². The molecule has 0 radical (unpaired) electrons. The summed E-state index contributed by atoms with van der Waals surface area (Å²) in [6.45, 7) is 4.61. The summed E-state index contributed by atoms with van der Waals surface area (Å²) >= 11 is 0. The molecule has 0 spiro atoms. The van der Waals surface area contributed by atoms with E-state index in [4.69, 9.17) is 10.5 Å². The number of carbonyl (C=O) groups is 1. The van der Waals surface area contributed by atoms with Gasteiger partial charge in [0.2, 0.25) is 5.91 Å². The summed E-state index contributed by atoms with van der Waals surface area (Å²) in [4.78, 5) is 13.9. The van der Waals surface area contributed by atoms with E-state index in [0.717, 1.165) is 43.7 Å². The van der Waals surface area contributed by atoms with Crippen molar-refractivity contribution in [3.63, 3.8) is 0 Å². The number of halogens is 3. The van der Waals surface area contributed by atoms with Gasteiger partial charge in [0.15, 0.2) is 11.6 Å². The number of nitrogens with two attached hydrogens (primary N) is 1. The fourth-order valence-corrected chi connectivity index (χ4v) is 4.09. The largest absolute Gasteiger partial charge is 0.484 e. The summed E-state index contributed by atoms with van der Waals surface area (Å²) in [7, 11) is 0. The molecule has 5 nitrogen and oxygen atoms in total. The fourth-order valence-electron chi connectivity index (χ4n) is 4.09. The zero-order valence-electron chi connectivity index (χ0n) is 17.8. The highest BCUT2D eigenvalue weighted by molar-refractivity contribution is 5.98. The number of ether oxygens (including phenoxy) is 1. The van der Waals surface area contributed by atoms with Gasteiger partial charge in [0.25, 0.3) is 0 Å². The number of aromatic nitrogens is 1. The maximum atomic E-state index is 14.1. The molecule has 8 heteroatoms. The van der Waals surface area contributed by atoms with Crippen LogP contribution in [0.3, 0.4) is 0 Å². The monoisotopic (exact) mass is 461 g/mol. The van der Waals surface area contributed by atoms with Crippen LogP contribution in [-0.2, 0) is 6.54 Å². The average molecular weight is 462 g/mol. The lowest BCUT2D eigenvalue weighted by Gasteiger charge is -2.30. The van der Waals surface area contributed by atoms with E-state index in [-0.39, 0.29) is 36.1 Å². The first-order chi connectivity index (χ1) is 15.0. The Kier molecular flexibility index (Phi) is 7.40. The maximum absolute atomic E-state index is 14.1. The van der Waals surface area contributed by atoms with Gasteiger partial charge >= 0.3 is 0 Å². The van der Waals surface area contributed by atoms with E-state index in [9.17, 15) is 13.6 Å². The molecule has 0 atom stereocenters. The number of rotatable bonds is 8. The lowest BCUT2D eigenvalue weighted by Crippen LogP contribution is -2.29. The smallest absolute Gasteiger partial charge is 0.249 e. The second kappa shape index (κ2) is 10.0. The predicted molar refractivity (Wildman–Crippen MR) is 124 cm³/mol. The summed E-state index contributed by atoms with van der Waals surface area (Å²) in [5, 5.41) is 0.637. The second-order valence-electron chi connectivity index (χ2n) is 7.59. The van der Waals surface area contributed by atoms with Gasteiger partial charge in [-0.05, 0) is 56.2 Å². The highest BCUT2D eigenvalue weighted by Gasteiger charge is 2.23. The summed E-state index contributed by atoms with van der Waals surface area (Å²) < 4.78 is 35.7. The van der Waals surface area contributed by atoms with Crippen molar-refractivity contribution in [2.45, 2.75) is 26.3 Å². The van der Waals surface area contributed by atoms with Gasteiger partial charge < -0.3 is 19.9 Å². The molecule has 2 aromatic carbocycles. The Hall–Kier alpha value is -3.06. The second-order valence-corrected chi connectivity index (χ2v) is 7.59. The number of hydrogen-bond donors (Lipinski definition) is 1. The third kappa shape index (κ3) is 4.58. The number of hydrogen-bond acceptors (Lipinski definition) is 3. The number of benzene rings is 2. The number of fused-ring (bicyclic) bond motifs is 2. The van der Waals surface area contributed by atoms with Crippen molar-refractivity contribution >= 4 is 35.3 Å². The zero-order valence-corrected chi connectivity index (χ0v) is 18.6. The molecule has 1 aliphatic heterocycles. The van der Waals surface area contributed by atoms with Gasteiger partial charge in [0.1, 0.15) is 12.4 Å². The highest BCUT2D eigenvalue weighted by atomic mass is 35.5.